The number of nitrogens with zero attached hydrogens (tertiary/aromatic N) is 1. The molecule has 0 aliphatic carbocycles. The molecule has 4 nitrogen and oxygen atoms in total. The Morgan fingerprint density at radius 3 is 3.00 bits per heavy atom. The fourth-order valence-corrected chi connectivity index (χ4v) is 1.67. The van der Waals surface area contributed by atoms with E-state index in [-0.39, 0.29) is 5.91 Å². The number of aryl methyl sites for hydroxylation is 1. The lowest BCUT2D eigenvalue weighted by Crippen LogP contribution is -2.25. The highest BCUT2D eigenvalue weighted by Crippen LogP contribution is 2.08. The first-order chi connectivity index (χ1) is 7.65. The number of nitrogens with one attached hydrogen (secondary N) is 1. The van der Waals surface area contributed by atoms with Crippen LogP contribution in [0.5, 0.6) is 0 Å². The molecule has 5 heteroatoms. The molecule has 0 aliphatic heterocycles. The van der Waals surface area contributed by atoms with E-state index in [1.807, 2.05) is 0 Å². The maximum atomic E-state index is 11.6. The average Bonchev–Trinajstić information content (AvgIpc) is 2.70. The quantitative estimate of drug-likeness (QED) is 0.646. The maximum absolute atomic E-state index is 11.6. The maximum Gasteiger partial charge on any atom is 0.256 e. The number of aromatic nitrogens is 1. The first kappa shape index (κ1) is 13.2. The Labute approximate surface area is 104 Å². The first-order valence-corrected chi connectivity index (χ1v) is 6.52. The second kappa shape index (κ2) is 6.68. The fourth-order valence-electron chi connectivity index (χ4n) is 1.34. The Balaban J connectivity index is 2.24. The van der Waals surface area contributed by atoms with Gasteiger partial charge in [-0.05, 0) is 25.7 Å². The van der Waals surface area contributed by atoms with E-state index in [4.69, 9.17) is 4.52 Å². The molecule has 0 radical (unpaired) electrons. The minimum absolute atomic E-state index is 0.106. The minimum atomic E-state index is -0.106. The van der Waals surface area contributed by atoms with Crippen LogP contribution in [0, 0.1) is 12.8 Å². The Bertz CT molecular complexity index is 338. The van der Waals surface area contributed by atoms with E-state index >= 15 is 0 Å². The molecule has 0 bridgehead atoms. The van der Waals surface area contributed by atoms with Crippen molar-refractivity contribution in [1.29, 1.82) is 0 Å². The minimum Gasteiger partial charge on any atom is -0.361 e. The van der Waals surface area contributed by atoms with Crippen LogP contribution >= 0.6 is 15.9 Å². The van der Waals surface area contributed by atoms with E-state index in [1.54, 1.807) is 6.92 Å². The highest BCUT2D eigenvalue weighted by atomic mass is 79.9. The summed E-state index contributed by atoms with van der Waals surface area (Å²) in [5.74, 6) is 1.10. The van der Waals surface area contributed by atoms with Gasteiger partial charge in [0, 0.05) is 11.9 Å². The SMILES string of the molecule is Cc1oncc1C(=O)NCCCC(C)CBr. The summed E-state index contributed by atoms with van der Waals surface area (Å²) < 4.78 is 4.83. The molecule has 0 aromatic carbocycles. The van der Waals surface area contributed by atoms with E-state index in [2.05, 4.69) is 33.3 Å². The van der Waals surface area contributed by atoms with Gasteiger partial charge in [0.2, 0.25) is 0 Å². The van der Waals surface area contributed by atoms with Crippen LogP contribution in [0.1, 0.15) is 35.9 Å². The summed E-state index contributed by atoms with van der Waals surface area (Å²) in [7, 11) is 0. The van der Waals surface area contributed by atoms with E-state index in [9.17, 15) is 4.79 Å². The second-order valence-corrected chi connectivity index (χ2v) is 4.60. The van der Waals surface area contributed by atoms with Crippen molar-refractivity contribution < 1.29 is 9.32 Å². The molecule has 1 aromatic rings. The summed E-state index contributed by atoms with van der Waals surface area (Å²) in [5, 5.41) is 7.43. The van der Waals surface area contributed by atoms with E-state index < -0.39 is 0 Å². The summed E-state index contributed by atoms with van der Waals surface area (Å²) in [4.78, 5) is 11.6. The van der Waals surface area contributed by atoms with Crippen molar-refractivity contribution in [3.05, 3.63) is 17.5 Å². The van der Waals surface area contributed by atoms with Crippen molar-refractivity contribution in [2.75, 3.05) is 11.9 Å². The van der Waals surface area contributed by atoms with E-state index in [0.717, 1.165) is 18.2 Å². The molecule has 0 fully saturated rings. The van der Waals surface area contributed by atoms with Crippen LogP contribution in [0.2, 0.25) is 0 Å². The highest BCUT2D eigenvalue weighted by molar-refractivity contribution is 9.09. The molecule has 1 unspecified atom stereocenters. The number of halogens is 1. The van der Waals surface area contributed by atoms with Crippen molar-refractivity contribution in [3.63, 3.8) is 0 Å². The summed E-state index contributed by atoms with van der Waals surface area (Å²) in [5.41, 5.74) is 0.522. The topological polar surface area (TPSA) is 55.1 Å². The number of hydrogen-bond acceptors (Lipinski definition) is 3. The molecule has 1 aromatic heterocycles. The number of hydrogen-bond donors (Lipinski definition) is 1. The molecule has 1 amide bonds. The van der Waals surface area contributed by atoms with Crippen LogP contribution in [-0.2, 0) is 0 Å². The summed E-state index contributed by atoms with van der Waals surface area (Å²) >= 11 is 3.43. The Morgan fingerprint density at radius 1 is 1.69 bits per heavy atom. The summed E-state index contributed by atoms with van der Waals surface area (Å²) in [6, 6.07) is 0. The Morgan fingerprint density at radius 2 is 2.44 bits per heavy atom. The van der Waals surface area contributed by atoms with Crippen molar-refractivity contribution in [2.24, 2.45) is 5.92 Å². The lowest BCUT2D eigenvalue weighted by atomic mass is 10.1. The third-order valence-corrected chi connectivity index (χ3v) is 3.52. The van der Waals surface area contributed by atoms with Gasteiger partial charge in [0.1, 0.15) is 11.3 Å². The summed E-state index contributed by atoms with van der Waals surface area (Å²) in [6.07, 6.45) is 3.54. The Hall–Kier alpha value is -0.840. The largest absolute Gasteiger partial charge is 0.361 e. The molecule has 0 spiro atoms. The molecule has 1 heterocycles. The zero-order valence-electron chi connectivity index (χ0n) is 9.62. The molecule has 1 N–H and O–H groups in total. The van der Waals surface area contributed by atoms with E-state index in [1.165, 1.54) is 6.20 Å². The smallest absolute Gasteiger partial charge is 0.256 e. The van der Waals surface area contributed by atoms with Crippen LogP contribution in [-0.4, -0.2) is 22.9 Å². The molecule has 1 rings (SSSR count). The normalized spacial score (nSPS) is 12.4. The zero-order valence-corrected chi connectivity index (χ0v) is 11.2. The van der Waals surface area contributed by atoms with Crippen molar-refractivity contribution >= 4 is 21.8 Å². The standard InChI is InChI=1S/C11H17BrN2O2/c1-8(6-12)4-3-5-13-11(15)10-7-14-16-9(10)2/h7-8H,3-6H2,1-2H3,(H,13,15). The number of carbonyl (C=O) groups excluding carboxylic acids is 1. The molecular weight excluding hydrogens is 272 g/mol. The first-order valence-electron chi connectivity index (χ1n) is 5.40. The number of amides is 1. The molecule has 0 saturated carbocycles. The molecule has 16 heavy (non-hydrogen) atoms. The van der Waals surface area contributed by atoms with Crippen molar-refractivity contribution in [2.45, 2.75) is 26.7 Å². The van der Waals surface area contributed by atoms with Gasteiger partial charge in [-0.2, -0.15) is 0 Å². The summed E-state index contributed by atoms with van der Waals surface area (Å²) in [6.45, 7) is 4.61. The number of alkyl halides is 1. The predicted octanol–water partition coefficient (Wildman–Crippen LogP) is 2.52. The van der Waals surface area contributed by atoms with Crippen LogP contribution in [0.3, 0.4) is 0 Å². The molecule has 90 valence electrons. The lowest BCUT2D eigenvalue weighted by Gasteiger charge is -2.07. The van der Waals surface area contributed by atoms with Gasteiger partial charge in [0.25, 0.3) is 5.91 Å². The lowest BCUT2D eigenvalue weighted by molar-refractivity contribution is 0.0951. The van der Waals surface area contributed by atoms with Crippen molar-refractivity contribution in [3.8, 4) is 0 Å². The van der Waals surface area contributed by atoms with Gasteiger partial charge in [-0.3, -0.25) is 4.79 Å². The Kier molecular flexibility index (Phi) is 5.52. The van der Waals surface area contributed by atoms with Gasteiger partial charge >= 0.3 is 0 Å². The van der Waals surface area contributed by atoms with Gasteiger partial charge in [-0.25, -0.2) is 0 Å². The van der Waals surface area contributed by atoms with Gasteiger partial charge in [0.15, 0.2) is 0 Å². The number of carbonyl (C=O) groups is 1. The fraction of sp³-hybridized carbons (Fsp3) is 0.636. The van der Waals surface area contributed by atoms with Gasteiger partial charge in [-0.1, -0.05) is 28.0 Å². The monoisotopic (exact) mass is 288 g/mol. The van der Waals surface area contributed by atoms with Crippen LogP contribution in [0.4, 0.5) is 0 Å². The third-order valence-electron chi connectivity index (χ3n) is 2.42. The second-order valence-electron chi connectivity index (χ2n) is 3.95. The molecule has 0 saturated heterocycles. The third kappa shape index (κ3) is 3.96. The highest BCUT2D eigenvalue weighted by Gasteiger charge is 2.11. The zero-order chi connectivity index (χ0) is 12.0. The van der Waals surface area contributed by atoms with Gasteiger partial charge in [0.05, 0.1) is 6.20 Å². The molecule has 1 atom stereocenters. The average molecular weight is 289 g/mol. The van der Waals surface area contributed by atoms with Crippen LogP contribution in [0.15, 0.2) is 10.7 Å². The van der Waals surface area contributed by atoms with Crippen LogP contribution in [0.25, 0.3) is 0 Å². The predicted molar refractivity (Wildman–Crippen MR) is 65.8 cm³/mol. The van der Waals surface area contributed by atoms with Crippen molar-refractivity contribution in [1.82, 2.24) is 10.5 Å². The number of rotatable bonds is 6. The van der Waals surface area contributed by atoms with E-state index in [0.29, 0.717) is 23.8 Å². The molecule has 0 aliphatic rings. The van der Waals surface area contributed by atoms with Crippen LogP contribution < -0.4 is 5.32 Å². The van der Waals surface area contributed by atoms with Gasteiger partial charge < -0.3 is 9.84 Å². The van der Waals surface area contributed by atoms with Gasteiger partial charge in [-0.15, -0.1) is 0 Å². The molecular formula is C11H17BrN2O2.